The predicted molar refractivity (Wildman–Crippen MR) is 117 cm³/mol. The molecule has 1 aromatic carbocycles. The molecular formula is C22H28N4O4S. The highest BCUT2D eigenvalue weighted by molar-refractivity contribution is 8.01. The van der Waals surface area contributed by atoms with Gasteiger partial charge in [0.1, 0.15) is 11.0 Å². The van der Waals surface area contributed by atoms with Crippen molar-refractivity contribution in [2.75, 3.05) is 12.9 Å². The Bertz CT molecular complexity index is 928. The first-order valence-corrected chi connectivity index (χ1v) is 11.8. The van der Waals surface area contributed by atoms with Gasteiger partial charge in [-0.2, -0.15) is 0 Å². The van der Waals surface area contributed by atoms with Gasteiger partial charge in [0.25, 0.3) is 0 Å². The van der Waals surface area contributed by atoms with Crippen molar-refractivity contribution < 1.29 is 18.7 Å². The highest BCUT2D eigenvalue weighted by Gasteiger charge is 2.45. The molecule has 2 aliphatic rings. The summed E-state index contributed by atoms with van der Waals surface area (Å²) in [5.74, 6) is 1.74. The molecule has 31 heavy (non-hydrogen) atoms. The van der Waals surface area contributed by atoms with Crippen molar-refractivity contribution >= 4 is 23.6 Å². The predicted octanol–water partition coefficient (Wildman–Crippen LogP) is 3.02. The van der Waals surface area contributed by atoms with Crippen molar-refractivity contribution in [1.29, 1.82) is 0 Å². The van der Waals surface area contributed by atoms with Crippen LogP contribution in [0.5, 0.6) is 5.75 Å². The SMILES string of the molecule is COc1ccccc1C1C(C(=O)NCc2nnc(C)o2)SCC(=O)N1C1CCCCC1. The Morgan fingerprint density at radius 1 is 1.26 bits per heavy atom. The maximum Gasteiger partial charge on any atom is 0.236 e. The van der Waals surface area contributed by atoms with Gasteiger partial charge in [0.2, 0.25) is 23.6 Å². The maximum atomic E-state index is 13.3. The molecule has 2 unspecified atom stereocenters. The van der Waals surface area contributed by atoms with Gasteiger partial charge >= 0.3 is 0 Å². The molecule has 1 saturated carbocycles. The van der Waals surface area contributed by atoms with Gasteiger partial charge in [-0.25, -0.2) is 0 Å². The number of carbonyl (C=O) groups excluding carboxylic acids is 2. The third kappa shape index (κ3) is 4.71. The van der Waals surface area contributed by atoms with Gasteiger partial charge in [0.15, 0.2) is 0 Å². The van der Waals surface area contributed by atoms with Gasteiger partial charge in [0, 0.05) is 18.5 Å². The molecule has 1 aliphatic heterocycles. The number of hydrogen-bond donors (Lipinski definition) is 1. The number of ether oxygens (including phenoxy) is 1. The Kier molecular flexibility index (Phi) is 6.80. The van der Waals surface area contributed by atoms with E-state index in [-0.39, 0.29) is 24.4 Å². The average molecular weight is 445 g/mol. The van der Waals surface area contributed by atoms with Gasteiger partial charge in [0.05, 0.1) is 25.4 Å². The van der Waals surface area contributed by atoms with E-state index in [0.717, 1.165) is 31.2 Å². The molecule has 2 fully saturated rings. The summed E-state index contributed by atoms with van der Waals surface area (Å²) in [5, 5.41) is 10.2. The second kappa shape index (κ2) is 9.72. The summed E-state index contributed by atoms with van der Waals surface area (Å²) in [6.07, 6.45) is 5.34. The van der Waals surface area contributed by atoms with Crippen LogP contribution in [0.4, 0.5) is 0 Å². The van der Waals surface area contributed by atoms with E-state index in [1.54, 1.807) is 14.0 Å². The highest BCUT2D eigenvalue weighted by Crippen LogP contribution is 2.43. The van der Waals surface area contributed by atoms with Crippen LogP contribution in [0.2, 0.25) is 0 Å². The molecule has 0 radical (unpaired) electrons. The van der Waals surface area contributed by atoms with Crippen LogP contribution in [0.3, 0.4) is 0 Å². The molecular weight excluding hydrogens is 416 g/mol. The molecule has 2 aromatic rings. The quantitative estimate of drug-likeness (QED) is 0.731. The minimum atomic E-state index is -0.458. The Morgan fingerprint density at radius 3 is 2.74 bits per heavy atom. The topological polar surface area (TPSA) is 97.6 Å². The van der Waals surface area contributed by atoms with E-state index in [1.807, 2.05) is 29.2 Å². The molecule has 4 rings (SSSR count). The van der Waals surface area contributed by atoms with E-state index < -0.39 is 11.3 Å². The zero-order chi connectivity index (χ0) is 21.8. The van der Waals surface area contributed by atoms with Crippen LogP contribution in [0, 0.1) is 6.92 Å². The third-order valence-electron chi connectivity index (χ3n) is 5.93. The fourth-order valence-electron chi connectivity index (χ4n) is 4.53. The van der Waals surface area contributed by atoms with Crippen LogP contribution in [-0.4, -0.2) is 51.1 Å². The lowest BCUT2D eigenvalue weighted by Crippen LogP contribution is -2.54. The van der Waals surface area contributed by atoms with E-state index in [4.69, 9.17) is 9.15 Å². The zero-order valence-electron chi connectivity index (χ0n) is 17.9. The molecule has 166 valence electrons. The minimum absolute atomic E-state index is 0.0874. The summed E-state index contributed by atoms with van der Waals surface area (Å²) in [4.78, 5) is 28.4. The number of nitrogens with one attached hydrogen (secondary N) is 1. The van der Waals surface area contributed by atoms with Crippen molar-refractivity contribution in [2.45, 2.75) is 62.9 Å². The Hall–Kier alpha value is -2.55. The minimum Gasteiger partial charge on any atom is -0.496 e. The van der Waals surface area contributed by atoms with Gasteiger partial charge < -0.3 is 19.4 Å². The molecule has 2 heterocycles. The number of methoxy groups -OCH3 is 1. The van der Waals surface area contributed by atoms with E-state index in [9.17, 15) is 9.59 Å². The molecule has 1 aromatic heterocycles. The fourth-order valence-corrected chi connectivity index (χ4v) is 5.70. The summed E-state index contributed by atoms with van der Waals surface area (Å²) < 4.78 is 11.0. The number of benzene rings is 1. The standard InChI is InChI=1S/C22H28N4O4S/c1-14-24-25-18(30-14)12-23-22(28)21-20(16-10-6-7-11-17(16)29-2)26(19(27)13-31-21)15-8-4-3-5-9-15/h6-7,10-11,15,20-21H,3-5,8-9,12-13H2,1-2H3,(H,23,28). The van der Waals surface area contributed by atoms with Gasteiger partial charge in [-0.15, -0.1) is 22.0 Å². The van der Waals surface area contributed by atoms with Crippen LogP contribution in [0.1, 0.15) is 55.5 Å². The number of aromatic nitrogens is 2. The van der Waals surface area contributed by atoms with Gasteiger partial charge in [-0.05, 0) is 18.9 Å². The molecule has 2 atom stereocenters. The first-order valence-electron chi connectivity index (χ1n) is 10.7. The first-order chi connectivity index (χ1) is 15.1. The summed E-state index contributed by atoms with van der Waals surface area (Å²) in [6, 6.07) is 7.42. The Labute approximate surface area is 186 Å². The number of thioether (sulfide) groups is 1. The van der Waals surface area contributed by atoms with Gasteiger partial charge in [-0.1, -0.05) is 37.5 Å². The lowest BCUT2D eigenvalue weighted by atomic mass is 9.90. The van der Waals surface area contributed by atoms with Crippen molar-refractivity contribution in [1.82, 2.24) is 20.4 Å². The largest absolute Gasteiger partial charge is 0.496 e. The maximum absolute atomic E-state index is 13.3. The number of carbonyl (C=O) groups is 2. The van der Waals surface area contributed by atoms with Crippen LogP contribution < -0.4 is 10.1 Å². The number of hydrogen-bond acceptors (Lipinski definition) is 7. The summed E-state index contributed by atoms with van der Waals surface area (Å²) >= 11 is 1.38. The van der Waals surface area contributed by atoms with Crippen LogP contribution in [0.15, 0.2) is 28.7 Å². The van der Waals surface area contributed by atoms with Crippen molar-refractivity contribution in [2.24, 2.45) is 0 Å². The van der Waals surface area contributed by atoms with E-state index in [1.165, 1.54) is 18.2 Å². The lowest BCUT2D eigenvalue weighted by molar-refractivity contribution is -0.136. The smallest absolute Gasteiger partial charge is 0.236 e. The highest BCUT2D eigenvalue weighted by atomic mass is 32.2. The van der Waals surface area contributed by atoms with Gasteiger partial charge in [-0.3, -0.25) is 9.59 Å². The molecule has 1 aliphatic carbocycles. The number of nitrogens with zero attached hydrogens (tertiary/aromatic N) is 3. The van der Waals surface area contributed by atoms with Crippen LogP contribution in [-0.2, 0) is 16.1 Å². The zero-order valence-corrected chi connectivity index (χ0v) is 18.7. The summed E-state index contributed by atoms with van der Waals surface area (Å²) in [5.41, 5.74) is 0.866. The first kappa shape index (κ1) is 21.7. The van der Waals surface area contributed by atoms with E-state index in [0.29, 0.717) is 23.3 Å². The second-order valence-corrected chi connectivity index (χ2v) is 9.07. The second-order valence-electron chi connectivity index (χ2n) is 7.94. The van der Waals surface area contributed by atoms with Crippen LogP contribution >= 0.6 is 11.8 Å². The summed E-state index contributed by atoms with van der Waals surface area (Å²) in [7, 11) is 1.62. The Morgan fingerprint density at radius 2 is 2.03 bits per heavy atom. The number of amides is 2. The average Bonchev–Trinajstić information content (AvgIpc) is 3.22. The monoisotopic (exact) mass is 444 g/mol. The molecule has 0 spiro atoms. The summed E-state index contributed by atoms with van der Waals surface area (Å²) in [6.45, 7) is 1.87. The molecule has 9 heteroatoms. The molecule has 1 N–H and O–H groups in total. The van der Waals surface area contributed by atoms with Crippen molar-refractivity contribution in [3.05, 3.63) is 41.6 Å². The number of rotatable bonds is 6. The van der Waals surface area contributed by atoms with Crippen molar-refractivity contribution in [3.63, 3.8) is 0 Å². The molecule has 0 bridgehead atoms. The van der Waals surface area contributed by atoms with Crippen molar-refractivity contribution in [3.8, 4) is 5.75 Å². The fraction of sp³-hybridized carbons (Fsp3) is 0.545. The number of para-hydroxylation sites is 1. The van der Waals surface area contributed by atoms with E-state index in [2.05, 4.69) is 15.5 Å². The normalized spacial score (nSPS) is 22.4. The number of aryl methyl sites for hydroxylation is 1. The lowest BCUT2D eigenvalue weighted by Gasteiger charge is -2.46. The van der Waals surface area contributed by atoms with Crippen LogP contribution in [0.25, 0.3) is 0 Å². The van der Waals surface area contributed by atoms with E-state index >= 15 is 0 Å². The Balaban J connectivity index is 1.64. The third-order valence-corrected chi connectivity index (χ3v) is 7.17. The molecule has 1 saturated heterocycles. The molecule has 2 amide bonds. The molecule has 8 nitrogen and oxygen atoms in total.